The van der Waals surface area contributed by atoms with E-state index in [-0.39, 0.29) is 28.8 Å². The number of aryl methyl sites for hydroxylation is 4. The molecule has 1 atom stereocenters. The first-order valence-electron chi connectivity index (χ1n) is 12.8. The highest BCUT2D eigenvalue weighted by molar-refractivity contribution is 6.03. The van der Waals surface area contributed by atoms with E-state index < -0.39 is 0 Å². The van der Waals surface area contributed by atoms with E-state index >= 15 is 0 Å². The molecule has 1 amide bonds. The smallest absolute Gasteiger partial charge is 0.293 e. The zero-order chi connectivity index (χ0) is 27.1. The third-order valence-electron chi connectivity index (χ3n) is 7.30. The maximum Gasteiger partial charge on any atom is 0.293 e. The molecule has 2 N–H and O–H groups in total. The number of benzene rings is 1. The summed E-state index contributed by atoms with van der Waals surface area (Å²) in [5.41, 5.74) is 3.00. The van der Waals surface area contributed by atoms with Gasteiger partial charge in [-0.1, -0.05) is 18.2 Å². The number of carbonyl (C=O) groups is 1. The highest BCUT2D eigenvalue weighted by atomic mass is 16.5. The predicted octanol–water partition coefficient (Wildman–Crippen LogP) is 3.47. The Labute approximate surface area is 220 Å². The van der Waals surface area contributed by atoms with E-state index in [1.54, 1.807) is 38.6 Å². The van der Waals surface area contributed by atoms with Gasteiger partial charge in [0, 0.05) is 55.6 Å². The standard InChI is InChI=1S/C29H33N5O4/c1-17-8-6-9-18(2)25(17)38-26-20(11-13-33(4)29(26)37)22-16-34(5)28(36)24-21(22)14-23(31-24)27(35)30-19-10-7-12-32(3)15-19/h6,8-9,11,13-14,16,19,31H,7,10,12,15H2,1-5H3,(H,30,35). The number of carbonyl (C=O) groups excluding carboxylic acids is 1. The molecule has 9 nitrogen and oxygen atoms in total. The van der Waals surface area contributed by atoms with Crippen LogP contribution in [0.2, 0.25) is 0 Å². The zero-order valence-corrected chi connectivity index (χ0v) is 22.4. The van der Waals surface area contributed by atoms with Gasteiger partial charge in [0.15, 0.2) is 5.75 Å². The fourth-order valence-electron chi connectivity index (χ4n) is 5.20. The van der Waals surface area contributed by atoms with Crippen LogP contribution in [0, 0.1) is 13.8 Å². The van der Waals surface area contributed by atoms with Crippen molar-refractivity contribution in [3.8, 4) is 22.6 Å². The van der Waals surface area contributed by atoms with Gasteiger partial charge < -0.3 is 29.1 Å². The Hall–Kier alpha value is -4.11. The molecule has 0 saturated carbocycles. The van der Waals surface area contributed by atoms with Gasteiger partial charge in [-0.2, -0.15) is 0 Å². The van der Waals surface area contributed by atoms with Crippen molar-refractivity contribution in [2.24, 2.45) is 14.1 Å². The predicted molar refractivity (Wildman–Crippen MR) is 148 cm³/mol. The van der Waals surface area contributed by atoms with Crippen LogP contribution >= 0.6 is 0 Å². The Balaban J connectivity index is 1.63. The number of hydrogen-bond donors (Lipinski definition) is 2. The molecule has 0 bridgehead atoms. The summed E-state index contributed by atoms with van der Waals surface area (Å²) in [6, 6.07) is 9.34. The normalized spacial score (nSPS) is 16.1. The van der Waals surface area contributed by atoms with Crippen LogP contribution in [-0.4, -0.2) is 51.1 Å². The zero-order valence-electron chi connectivity index (χ0n) is 22.4. The van der Waals surface area contributed by atoms with Crippen molar-refractivity contribution in [1.29, 1.82) is 0 Å². The maximum atomic E-state index is 13.3. The molecule has 5 rings (SSSR count). The second-order valence-corrected chi connectivity index (χ2v) is 10.3. The number of hydrogen-bond acceptors (Lipinski definition) is 5. The summed E-state index contributed by atoms with van der Waals surface area (Å²) in [5.74, 6) is 0.514. The van der Waals surface area contributed by atoms with Crippen LogP contribution in [-0.2, 0) is 14.1 Å². The number of nitrogens with one attached hydrogen (secondary N) is 2. The van der Waals surface area contributed by atoms with E-state index in [0.717, 1.165) is 37.1 Å². The van der Waals surface area contributed by atoms with Crippen molar-refractivity contribution in [2.45, 2.75) is 32.7 Å². The Morgan fingerprint density at radius 3 is 2.45 bits per heavy atom. The Morgan fingerprint density at radius 1 is 1.00 bits per heavy atom. The van der Waals surface area contributed by atoms with Crippen LogP contribution in [0.1, 0.15) is 34.5 Å². The van der Waals surface area contributed by atoms with Crippen LogP contribution in [0.5, 0.6) is 11.5 Å². The number of rotatable bonds is 5. The maximum absolute atomic E-state index is 13.3. The fraction of sp³-hybridized carbons (Fsp3) is 0.345. The summed E-state index contributed by atoms with van der Waals surface area (Å²) in [4.78, 5) is 44.8. The lowest BCUT2D eigenvalue weighted by Crippen LogP contribution is -2.46. The minimum atomic E-state index is -0.304. The number of para-hydroxylation sites is 1. The number of likely N-dealkylation sites (tertiary alicyclic amines) is 1. The number of H-pyrrole nitrogens is 1. The van der Waals surface area contributed by atoms with Gasteiger partial charge in [0.05, 0.1) is 0 Å². The van der Waals surface area contributed by atoms with Crippen LogP contribution < -0.4 is 21.2 Å². The summed E-state index contributed by atoms with van der Waals surface area (Å²) in [5, 5.41) is 3.65. The molecule has 0 spiro atoms. The van der Waals surface area contributed by atoms with Crippen molar-refractivity contribution in [3.63, 3.8) is 0 Å². The number of aromatic nitrogens is 3. The fourth-order valence-corrected chi connectivity index (χ4v) is 5.20. The molecule has 1 aromatic carbocycles. The molecule has 1 aliphatic rings. The van der Waals surface area contributed by atoms with E-state index in [9.17, 15) is 14.4 Å². The molecule has 4 heterocycles. The van der Waals surface area contributed by atoms with Crippen molar-refractivity contribution in [2.75, 3.05) is 20.1 Å². The summed E-state index contributed by atoms with van der Waals surface area (Å²) in [6.45, 7) is 5.66. The molecule has 9 heteroatoms. The number of amides is 1. The number of piperidine rings is 1. The second-order valence-electron chi connectivity index (χ2n) is 10.3. The average Bonchev–Trinajstić information content (AvgIpc) is 3.33. The van der Waals surface area contributed by atoms with Gasteiger partial charge >= 0.3 is 0 Å². The average molecular weight is 516 g/mol. The van der Waals surface area contributed by atoms with E-state index in [4.69, 9.17) is 4.74 Å². The molecule has 1 aliphatic heterocycles. The van der Waals surface area contributed by atoms with Crippen molar-refractivity contribution in [1.82, 2.24) is 24.3 Å². The lowest BCUT2D eigenvalue weighted by molar-refractivity contribution is 0.0908. The first kappa shape index (κ1) is 25.5. The van der Waals surface area contributed by atoms with Crippen molar-refractivity contribution < 1.29 is 9.53 Å². The molecule has 0 aliphatic carbocycles. The summed E-state index contributed by atoms with van der Waals surface area (Å²) >= 11 is 0. The first-order valence-corrected chi connectivity index (χ1v) is 12.8. The lowest BCUT2D eigenvalue weighted by Gasteiger charge is -2.30. The van der Waals surface area contributed by atoms with Gasteiger partial charge in [-0.15, -0.1) is 0 Å². The van der Waals surface area contributed by atoms with Gasteiger partial charge in [0.1, 0.15) is 17.0 Å². The van der Waals surface area contributed by atoms with Crippen LogP contribution in [0.4, 0.5) is 0 Å². The molecule has 1 fully saturated rings. The first-order chi connectivity index (χ1) is 18.1. The van der Waals surface area contributed by atoms with E-state index in [2.05, 4.69) is 15.2 Å². The van der Waals surface area contributed by atoms with Gasteiger partial charge in [-0.05, 0) is 63.5 Å². The van der Waals surface area contributed by atoms with E-state index in [0.29, 0.717) is 33.5 Å². The molecule has 0 radical (unpaired) electrons. The Kier molecular flexibility index (Phi) is 6.71. The second kappa shape index (κ2) is 9.98. The molecule has 1 unspecified atom stereocenters. The third kappa shape index (κ3) is 4.65. The number of ether oxygens (including phenoxy) is 1. The van der Waals surface area contributed by atoms with Gasteiger partial charge in [-0.25, -0.2) is 0 Å². The highest BCUT2D eigenvalue weighted by Crippen LogP contribution is 2.36. The summed E-state index contributed by atoms with van der Waals surface area (Å²) in [6.07, 6.45) is 5.29. The van der Waals surface area contributed by atoms with Gasteiger partial charge in [0.2, 0.25) is 0 Å². The Morgan fingerprint density at radius 2 is 1.74 bits per heavy atom. The molecular weight excluding hydrogens is 482 g/mol. The monoisotopic (exact) mass is 515 g/mol. The molecule has 4 aromatic rings. The van der Waals surface area contributed by atoms with Gasteiger partial charge in [0.25, 0.3) is 17.0 Å². The lowest BCUT2D eigenvalue weighted by atomic mass is 10.0. The molecular formula is C29H33N5O4. The third-order valence-corrected chi connectivity index (χ3v) is 7.30. The van der Waals surface area contributed by atoms with E-state index in [1.165, 1.54) is 9.13 Å². The quantitative estimate of drug-likeness (QED) is 0.424. The van der Waals surface area contributed by atoms with Crippen molar-refractivity contribution >= 4 is 16.8 Å². The minimum absolute atomic E-state index is 0.0458. The molecule has 1 saturated heterocycles. The molecule has 3 aromatic heterocycles. The summed E-state index contributed by atoms with van der Waals surface area (Å²) in [7, 11) is 5.36. The largest absolute Gasteiger partial charge is 0.450 e. The number of likely N-dealkylation sites (N-methyl/N-ethyl adjacent to an activating group) is 1. The molecule has 38 heavy (non-hydrogen) atoms. The number of pyridine rings is 2. The molecule has 198 valence electrons. The summed E-state index contributed by atoms with van der Waals surface area (Å²) < 4.78 is 9.22. The minimum Gasteiger partial charge on any atom is -0.450 e. The topological polar surface area (TPSA) is 101 Å². The number of nitrogens with zero attached hydrogens (tertiary/aromatic N) is 3. The Bertz CT molecular complexity index is 1640. The van der Waals surface area contributed by atoms with Crippen molar-refractivity contribution in [3.05, 3.63) is 80.3 Å². The number of aromatic amines is 1. The van der Waals surface area contributed by atoms with Gasteiger partial charge in [-0.3, -0.25) is 14.4 Å². The van der Waals surface area contributed by atoms with Crippen LogP contribution in [0.15, 0.2) is 52.3 Å². The van der Waals surface area contributed by atoms with E-state index in [1.807, 2.05) is 39.1 Å². The number of fused-ring (bicyclic) bond motifs is 1. The van der Waals surface area contributed by atoms with Crippen LogP contribution in [0.25, 0.3) is 22.0 Å². The highest BCUT2D eigenvalue weighted by Gasteiger charge is 2.24. The SMILES string of the molecule is Cc1cccc(C)c1Oc1c(-c2cn(C)c(=O)c3[nH]c(C(=O)NC4CCCN(C)C4)cc23)ccn(C)c1=O. The van der Waals surface area contributed by atoms with Crippen LogP contribution in [0.3, 0.4) is 0 Å².